The van der Waals surface area contributed by atoms with Crippen molar-refractivity contribution in [3.63, 3.8) is 0 Å². The average molecular weight is 310 g/mol. The van der Waals surface area contributed by atoms with Gasteiger partial charge in [0.25, 0.3) is 0 Å². The molecule has 0 saturated heterocycles. The number of benzene rings is 2. The molecule has 0 aliphatic carbocycles. The lowest BCUT2D eigenvalue weighted by atomic mass is 10.3. The van der Waals surface area contributed by atoms with E-state index in [1.807, 2.05) is 0 Å². The van der Waals surface area contributed by atoms with E-state index in [1.54, 1.807) is 0 Å². The third-order valence-electron chi connectivity index (χ3n) is 2.56. The molecule has 0 bridgehead atoms. The fourth-order valence-electron chi connectivity index (χ4n) is 1.52. The van der Waals surface area contributed by atoms with Crippen LogP contribution in [0.5, 0.6) is 0 Å². The molecule has 0 atom stereocenters. The molecule has 0 spiro atoms. The first-order valence-corrected chi connectivity index (χ1v) is 5.95. The number of aliphatic imine (C=N–C) groups is 2. The van der Waals surface area contributed by atoms with Crippen molar-refractivity contribution in [2.45, 2.75) is 0 Å². The Bertz CT molecular complexity index is 706. The van der Waals surface area contributed by atoms with E-state index in [0.717, 1.165) is 24.3 Å². The summed E-state index contributed by atoms with van der Waals surface area (Å²) in [7, 11) is 0. The van der Waals surface area contributed by atoms with Gasteiger partial charge in [0.1, 0.15) is 23.0 Å². The van der Waals surface area contributed by atoms with Gasteiger partial charge >= 0.3 is 0 Å². The standard InChI is InChI=1S/C14H10F4N4/c15-7-1-3-11(9(17)5-7)21-13(19)14(20)22-12-4-2-8(16)6-10(12)18/h1-6H,(H2,19,21)(H2,20,22). The van der Waals surface area contributed by atoms with E-state index in [2.05, 4.69) is 9.98 Å². The largest absolute Gasteiger partial charge is 0.381 e. The molecular weight excluding hydrogens is 300 g/mol. The molecule has 0 heterocycles. The van der Waals surface area contributed by atoms with Crippen LogP contribution in [-0.4, -0.2) is 11.7 Å². The van der Waals surface area contributed by atoms with Gasteiger partial charge in [-0.3, -0.25) is 0 Å². The second-order valence-electron chi connectivity index (χ2n) is 4.19. The Kier molecular flexibility index (Phi) is 4.40. The lowest BCUT2D eigenvalue weighted by Gasteiger charge is -2.03. The maximum absolute atomic E-state index is 13.4. The van der Waals surface area contributed by atoms with E-state index >= 15 is 0 Å². The van der Waals surface area contributed by atoms with Gasteiger partial charge in [0.2, 0.25) is 0 Å². The van der Waals surface area contributed by atoms with Crippen molar-refractivity contribution in [2.75, 3.05) is 0 Å². The van der Waals surface area contributed by atoms with Gasteiger partial charge in [-0.25, -0.2) is 27.5 Å². The molecule has 0 saturated carbocycles. The van der Waals surface area contributed by atoms with Gasteiger partial charge < -0.3 is 11.5 Å². The maximum Gasteiger partial charge on any atom is 0.166 e. The zero-order valence-electron chi connectivity index (χ0n) is 11.0. The number of nitrogens with two attached hydrogens (primary N) is 2. The summed E-state index contributed by atoms with van der Waals surface area (Å²) < 4.78 is 52.4. The summed E-state index contributed by atoms with van der Waals surface area (Å²) in [5, 5.41) is 0. The molecule has 8 heteroatoms. The van der Waals surface area contributed by atoms with Gasteiger partial charge in [0, 0.05) is 12.1 Å². The van der Waals surface area contributed by atoms with E-state index < -0.39 is 34.9 Å². The Morgan fingerprint density at radius 2 is 1.05 bits per heavy atom. The highest BCUT2D eigenvalue weighted by Gasteiger charge is 2.08. The average Bonchev–Trinajstić information content (AvgIpc) is 2.44. The summed E-state index contributed by atoms with van der Waals surface area (Å²) in [6.45, 7) is 0. The Hall–Kier alpha value is -2.90. The van der Waals surface area contributed by atoms with E-state index in [1.165, 1.54) is 0 Å². The molecule has 0 aliphatic heterocycles. The predicted octanol–water partition coefficient (Wildman–Crippen LogP) is 2.92. The normalized spacial score (nSPS) is 12.5. The van der Waals surface area contributed by atoms with E-state index in [0.29, 0.717) is 12.1 Å². The summed E-state index contributed by atoms with van der Waals surface area (Å²) in [4.78, 5) is 7.29. The highest BCUT2D eigenvalue weighted by molar-refractivity contribution is 6.40. The van der Waals surface area contributed by atoms with Crippen LogP contribution in [0.4, 0.5) is 28.9 Å². The third kappa shape index (κ3) is 3.60. The van der Waals surface area contributed by atoms with Crippen molar-refractivity contribution in [3.05, 3.63) is 59.7 Å². The SMILES string of the molecule is NC(=Nc1ccc(F)cc1F)C(N)=Nc1ccc(F)cc1F. The van der Waals surface area contributed by atoms with Gasteiger partial charge in [-0.05, 0) is 24.3 Å². The molecule has 0 radical (unpaired) electrons. The molecule has 2 rings (SSSR count). The molecular formula is C14H10F4N4. The first-order chi connectivity index (χ1) is 10.4. The smallest absolute Gasteiger partial charge is 0.166 e. The van der Waals surface area contributed by atoms with Gasteiger partial charge in [-0.2, -0.15) is 0 Å². The van der Waals surface area contributed by atoms with Gasteiger partial charge in [0.15, 0.2) is 23.3 Å². The summed E-state index contributed by atoms with van der Waals surface area (Å²) in [6.07, 6.45) is 0. The van der Waals surface area contributed by atoms with Crippen LogP contribution in [0.25, 0.3) is 0 Å². The number of halogens is 4. The highest BCUT2D eigenvalue weighted by atomic mass is 19.1. The Morgan fingerprint density at radius 3 is 1.36 bits per heavy atom. The number of hydrogen-bond acceptors (Lipinski definition) is 2. The zero-order valence-corrected chi connectivity index (χ0v) is 11.0. The monoisotopic (exact) mass is 310 g/mol. The van der Waals surface area contributed by atoms with Gasteiger partial charge in [0.05, 0.1) is 0 Å². The second-order valence-corrected chi connectivity index (χ2v) is 4.19. The maximum atomic E-state index is 13.4. The lowest BCUT2D eigenvalue weighted by Crippen LogP contribution is -2.30. The molecule has 0 aromatic heterocycles. The molecule has 22 heavy (non-hydrogen) atoms. The van der Waals surface area contributed by atoms with Crippen molar-refractivity contribution >= 4 is 23.0 Å². The van der Waals surface area contributed by atoms with Crippen LogP contribution in [0.2, 0.25) is 0 Å². The van der Waals surface area contributed by atoms with Gasteiger partial charge in [-0.1, -0.05) is 0 Å². The van der Waals surface area contributed by atoms with Crippen LogP contribution in [-0.2, 0) is 0 Å². The summed E-state index contributed by atoms with van der Waals surface area (Å²) in [6, 6.07) is 5.34. The Labute approximate surface area is 122 Å². The summed E-state index contributed by atoms with van der Waals surface area (Å²) in [5.74, 6) is -4.22. The second kappa shape index (κ2) is 6.25. The van der Waals surface area contributed by atoms with Crippen LogP contribution in [0.1, 0.15) is 0 Å². The Balaban J connectivity index is 2.33. The minimum Gasteiger partial charge on any atom is -0.381 e. The molecule has 0 fully saturated rings. The first-order valence-electron chi connectivity index (χ1n) is 5.95. The molecule has 4 N–H and O–H groups in total. The van der Waals surface area contributed by atoms with E-state index in [9.17, 15) is 17.6 Å². The molecule has 2 aromatic rings. The molecule has 0 unspecified atom stereocenters. The number of amidine groups is 2. The molecule has 2 aromatic carbocycles. The highest BCUT2D eigenvalue weighted by Crippen LogP contribution is 2.20. The zero-order chi connectivity index (χ0) is 16.3. The lowest BCUT2D eigenvalue weighted by molar-refractivity contribution is 0.584. The van der Waals surface area contributed by atoms with Crippen molar-refractivity contribution in [1.29, 1.82) is 0 Å². The van der Waals surface area contributed by atoms with Crippen molar-refractivity contribution in [3.8, 4) is 0 Å². The molecule has 4 nitrogen and oxygen atoms in total. The summed E-state index contributed by atoms with van der Waals surface area (Å²) in [5.41, 5.74) is 10.5. The van der Waals surface area contributed by atoms with Crippen molar-refractivity contribution in [2.24, 2.45) is 21.5 Å². The minimum absolute atomic E-state index is 0.253. The van der Waals surface area contributed by atoms with Crippen LogP contribution >= 0.6 is 0 Å². The quantitative estimate of drug-likeness (QED) is 0.508. The third-order valence-corrected chi connectivity index (χ3v) is 2.56. The summed E-state index contributed by atoms with van der Waals surface area (Å²) >= 11 is 0. The number of nitrogens with zero attached hydrogens (tertiary/aromatic N) is 2. The molecule has 114 valence electrons. The fraction of sp³-hybridized carbons (Fsp3) is 0. The van der Waals surface area contributed by atoms with E-state index in [4.69, 9.17) is 11.5 Å². The number of rotatable bonds is 2. The topological polar surface area (TPSA) is 76.8 Å². The molecule has 0 aliphatic rings. The van der Waals surface area contributed by atoms with Crippen molar-refractivity contribution in [1.82, 2.24) is 0 Å². The molecule has 0 amide bonds. The van der Waals surface area contributed by atoms with E-state index in [-0.39, 0.29) is 11.4 Å². The number of hydrogen-bond donors (Lipinski definition) is 2. The first kappa shape index (κ1) is 15.5. The van der Waals surface area contributed by atoms with Gasteiger partial charge in [-0.15, -0.1) is 0 Å². The minimum atomic E-state index is -0.941. The van der Waals surface area contributed by atoms with Crippen LogP contribution in [0.3, 0.4) is 0 Å². The predicted molar refractivity (Wildman–Crippen MR) is 75.3 cm³/mol. The Morgan fingerprint density at radius 1 is 0.682 bits per heavy atom. The fourth-order valence-corrected chi connectivity index (χ4v) is 1.52. The van der Waals surface area contributed by atoms with Crippen LogP contribution < -0.4 is 11.5 Å². The van der Waals surface area contributed by atoms with Crippen LogP contribution in [0.15, 0.2) is 46.4 Å². The van der Waals surface area contributed by atoms with Crippen molar-refractivity contribution < 1.29 is 17.6 Å². The van der Waals surface area contributed by atoms with Crippen LogP contribution in [0, 0.1) is 23.3 Å².